The number of benzene rings is 1. The predicted octanol–water partition coefficient (Wildman–Crippen LogP) is 3.10. The Hall–Kier alpha value is -2.97. The minimum absolute atomic E-state index is 0.00829. The molecule has 0 radical (unpaired) electrons. The molecule has 0 saturated heterocycles. The summed E-state index contributed by atoms with van der Waals surface area (Å²) in [5.74, 6) is -1.88. The van der Waals surface area contributed by atoms with Crippen molar-refractivity contribution in [1.29, 1.82) is 0 Å². The minimum atomic E-state index is -1.87. The van der Waals surface area contributed by atoms with E-state index in [2.05, 4.69) is 13.8 Å². The van der Waals surface area contributed by atoms with Crippen molar-refractivity contribution in [1.82, 2.24) is 0 Å². The van der Waals surface area contributed by atoms with Crippen LogP contribution < -0.4 is 5.73 Å². The Bertz CT molecular complexity index is 1250. The summed E-state index contributed by atoms with van der Waals surface area (Å²) in [5.41, 5.74) is 3.06. The number of esters is 1. The molecule has 1 aromatic carbocycles. The summed E-state index contributed by atoms with van der Waals surface area (Å²) >= 11 is 0. The van der Waals surface area contributed by atoms with Crippen LogP contribution in [0.4, 0.5) is 5.69 Å². The highest BCUT2D eigenvalue weighted by Gasteiger charge is 2.72. The van der Waals surface area contributed by atoms with E-state index in [0.717, 1.165) is 12.0 Å². The maximum absolute atomic E-state index is 13.3. The number of carbonyl (C=O) groups excluding carboxylic acids is 3. The number of hydrogen-bond acceptors (Lipinski definition) is 8. The number of fused-ring (bicyclic) bond motifs is 5. The summed E-state index contributed by atoms with van der Waals surface area (Å²) in [4.78, 5) is 38.0. The number of rotatable bonds is 4. The second-order valence-corrected chi connectivity index (χ2v) is 12.0. The Morgan fingerprint density at radius 1 is 1.16 bits per heavy atom. The van der Waals surface area contributed by atoms with E-state index < -0.39 is 46.3 Å². The number of carbonyl (C=O) groups is 3. The summed E-state index contributed by atoms with van der Waals surface area (Å²) in [6.45, 7) is 5.34. The number of phenols is 1. The number of nitrogens with two attached hydrogens (primary N) is 1. The van der Waals surface area contributed by atoms with Gasteiger partial charge in [0.25, 0.3) is 0 Å². The molecule has 3 saturated carbocycles. The zero-order valence-electron chi connectivity index (χ0n) is 21.5. The Morgan fingerprint density at radius 3 is 2.62 bits per heavy atom. The molecule has 5 rings (SSSR count). The van der Waals surface area contributed by atoms with E-state index in [0.29, 0.717) is 12.8 Å². The lowest BCUT2D eigenvalue weighted by atomic mass is 9.40. The third-order valence-corrected chi connectivity index (χ3v) is 10.5. The van der Waals surface area contributed by atoms with Crippen LogP contribution in [0.1, 0.15) is 63.2 Å². The normalized spacial score (nSPS) is 40.3. The van der Waals surface area contributed by atoms with Gasteiger partial charge in [0.05, 0.1) is 11.7 Å². The van der Waals surface area contributed by atoms with E-state index >= 15 is 0 Å². The zero-order valence-corrected chi connectivity index (χ0v) is 21.5. The van der Waals surface area contributed by atoms with E-state index in [1.807, 2.05) is 13.0 Å². The molecule has 7 atom stereocenters. The molecule has 0 aliphatic heterocycles. The lowest BCUT2D eigenvalue weighted by Gasteiger charge is -2.65. The van der Waals surface area contributed by atoms with Gasteiger partial charge in [-0.15, -0.1) is 0 Å². The Balaban J connectivity index is 1.40. The van der Waals surface area contributed by atoms with Crippen LogP contribution in [0.2, 0.25) is 0 Å². The van der Waals surface area contributed by atoms with Crippen LogP contribution in [0.5, 0.6) is 5.75 Å². The number of allylic oxidation sites excluding steroid dienone is 4. The molecule has 3 fully saturated rings. The number of ether oxygens (including phenoxy) is 1. The number of aliphatic hydroxyl groups is 2. The number of Topliss-reactive ketones (excluding diaryl/α,β-unsaturated/α-hetero) is 1. The summed E-state index contributed by atoms with van der Waals surface area (Å²) in [6.07, 6.45) is 6.75. The van der Waals surface area contributed by atoms with Crippen molar-refractivity contribution in [3.8, 4) is 5.75 Å². The van der Waals surface area contributed by atoms with E-state index in [1.54, 1.807) is 12.2 Å². The van der Waals surface area contributed by atoms with Crippen LogP contribution in [0.15, 0.2) is 42.0 Å². The van der Waals surface area contributed by atoms with Crippen LogP contribution in [0.25, 0.3) is 0 Å². The van der Waals surface area contributed by atoms with Gasteiger partial charge in [-0.05, 0) is 74.3 Å². The number of aromatic hydroxyl groups is 1. The molecular weight excluding hydrogens is 474 g/mol. The molecular formula is C29H35NO7. The molecule has 4 aliphatic carbocycles. The monoisotopic (exact) mass is 509 g/mol. The molecule has 198 valence electrons. The second-order valence-electron chi connectivity index (χ2n) is 12.0. The Morgan fingerprint density at radius 2 is 1.89 bits per heavy atom. The van der Waals surface area contributed by atoms with Crippen molar-refractivity contribution < 1.29 is 34.4 Å². The average Bonchev–Trinajstić information content (AvgIpc) is 3.11. The number of aliphatic hydroxyl groups excluding tert-OH is 1. The quantitative estimate of drug-likeness (QED) is 0.210. The van der Waals surface area contributed by atoms with Gasteiger partial charge in [0, 0.05) is 21.9 Å². The zero-order chi connectivity index (χ0) is 27.0. The van der Waals surface area contributed by atoms with Crippen LogP contribution in [0.3, 0.4) is 0 Å². The third kappa shape index (κ3) is 3.38. The van der Waals surface area contributed by atoms with Crippen molar-refractivity contribution in [3.05, 3.63) is 47.6 Å². The first kappa shape index (κ1) is 25.7. The van der Waals surface area contributed by atoms with E-state index in [9.17, 15) is 29.7 Å². The number of phenolic OH excluding ortho intramolecular Hbond substituents is 1. The van der Waals surface area contributed by atoms with Crippen LogP contribution in [-0.2, 0) is 14.3 Å². The number of nitrogen functional groups attached to an aromatic ring is 1. The number of ketones is 2. The van der Waals surface area contributed by atoms with E-state index in [4.69, 9.17) is 10.5 Å². The van der Waals surface area contributed by atoms with Crippen LogP contribution in [-0.4, -0.2) is 51.2 Å². The Kier molecular flexibility index (Phi) is 5.73. The summed E-state index contributed by atoms with van der Waals surface area (Å²) in [7, 11) is 0. The molecule has 1 aromatic rings. The summed E-state index contributed by atoms with van der Waals surface area (Å²) in [5, 5.41) is 33.5. The van der Waals surface area contributed by atoms with Crippen molar-refractivity contribution in [2.75, 3.05) is 12.3 Å². The highest BCUT2D eigenvalue weighted by Crippen LogP contribution is 2.71. The fourth-order valence-corrected chi connectivity index (χ4v) is 8.09. The van der Waals surface area contributed by atoms with Gasteiger partial charge in [0.1, 0.15) is 5.75 Å². The van der Waals surface area contributed by atoms with Gasteiger partial charge in [0.15, 0.2) is 18.0 Å². The standard InChI is InChI=1S/C29H35NO7/c1-26-10-8-18(31)12-16(26)4-6-21-20-9-11-29(36,27(20,2)14-24(34)28(21,26)3)25(35)37-15-23(33)19-13-17(30)5-7-22(19)32/h5,7-8,10,12-13,20-21,24,32,34,36H,4,6,9,11,14-15,30H2,1-3H3. The summed E-state index contributed by atoms with van der Waals surface area (Å²) in [6, 6.07) is 4.06. The molecule has 0 spiro atoms. The van der Waals surface area contributed by atoms with E-state index in [-0.39, 0.29) is 47.5 Å². The highest BCUT2D eigenvalue weighted by molar-refractivity contribution is 6.02. The van der Waals surface area contributed by atoms with Gasteiger partial charge in [-0.2, -0.15) is 0 Å². The van der Waals surface area contributed by atoms with Gasteiger partial charge < -0.3 is 25.8 Å². The molecule has 0 amide bonds. The maximum atomic E-state index is 13.3. The molecule has 8 heteroatoms. The molecule has 37 heavy (non-hydrogen) atoms. The first-order valence-electron chi connectivity index (χ1n) is 12.9. The van der Waals surface area contributed by atoms with Gasteiger partial charge in [-0.25, -0.2) is 4.79 Å². The fourth-order valence-electron chi connectivity index (χ4n) is 8.09. The topological polar surface area (TPSA) is 147 Å². The van der Waals surface area contributed by atoms with Crippen molar-refractivity contribution in [2.24, 2.45) is 28.1 Å². The summed E-state index contributed by atoms with van der Waals surface area (Å²) < 4.78 is 5.34. The third-order valence-electron chi connectivity index (χ3n) is 10.5. The predicted molar refractivity (Wildman–Crippen MR) is 135 cm³/mol. The molecule has 5 N–H and O–H groups in total. The lowest BCUT2D eigenvalue weighted by Crippen LogP contribution is -2.66. The second kappa shape index (κ2) is 8.27. The first-order chi connectivity index (χ1) is 17.3. The minimum Gasteiger partial charge on any atom is -0.507 e. The fraction of sp³-hybridized carbons (Fsp3) is 0.552. The van der Waals surface area contributed by atoms with Gasteiger partial charge in [0.2, 0.25) is 5.78 Å². The van der Waals surface area contributed by atoms with Crippen LogP contribution >= 0.6 is 0 Å². The van der Waals surface area contributed by atoms with Crippen LogP contribution in [0, 0.1) is 28.1 Å². The van der Waals surface area contributed by atoms with E-state index in [1.165, 1.54) is 18.2 Å². The smallest absolute Gasteiger partial charge is 0.339 e. The van der Waals surface area contributed by atoms with Gasteiger partial charge in [-0.3, -0.25) is 9.59 Å². The SMILES string of the molecule is CC12C=CC(=O)C=C1CCC1C3CCC(O)(C(=O)OCC(=O)c4cc(N)ccc4O)C3(C)CC(O)C12C. The number of hydrogen-bond donors (Lipinski definition) is 4. The number of anilines is 1. The molecule has 4 aliphatic rings. The lowest BCUT2D eigenvalue weighted by molar-refractivity contribution is -0.215. The molecule has 8 nitrogen and oxygen atoms in total. The highest BCUT2D eigenvalue weighted by atomic mass is 16.6. The van der Waals surface area contributed by atoms with Crippen molar-refractivity contribution >= 4 is 23.2 Å². The molecule has 0 heterocycles. The average molecular weight is 510 g/mol. The molecule has 0 bridgehead atoms. The van der Waals surface area contributed by atoms with Crippen molar-refractivity contribution in [3.63, 3.8) is 0 Å². The maximum Gasteiger partial charge on any atom is 0.339 e. The van der Waals surface area contributed by atoms with Crippen molar-refractivity contribution in [2.45, 2.75) is 64.6 Å². The Labute approximate surface area is 216 Å². The largest absolute Gasteiger partial charge is 0.507 e. The van der Waals surface area contributed by atoms with Gasteiger partial charge >= 0.3 is 5.97 Å². The molecule has 0 aromatic heterocycles. The molecule has 7 unspecified atom stereocenters. The first-order valence-corrected chi connectivity index (χ1v) is 12.9. The van der Waals surface area contributed by atoms with Gasteiger partial charge in [-0.1, -0.05) is 32.4 Å².